The first-order valence-corrected chi connectivity index (χ1v) is 9.54. The Morgan fingerprint density at radius 1 is 1.11 bits per heavy atom. The van der Waals surface area contributed by atoms with Crippen LogP contribution in [-0.2, 0) is 8.85 Å². The van der Waals surface area contributed by atoms with Crippen LogP contribution in [0.1, 0.15) is 32.6 Å². The SMILES string of the molecule is CC1(C(F)(F)F)CC2CCC1C2.CO[Si](C)(C)OC. The van der Waals surface area contributed by atoms with Gasteiger partial charge in [0.2, 0.25) is 0 Å². The second kappa shape index (κ2) is 5.74. The molecule has 2 aliphatic rings. The largest absolute Gasteiger partial charge is 0.398 e. The lowest BCUT2D eigenvalue weighted by atomic mass is 9.74. The highest BCUT2D eigenvalue weighted by Gasteiger charge is 2.61. The zero-order valence-corrected chi connectivity index (χ0v) is 13.4. The van der Waals surface area contributed by atoms with Gasteiger partial charge in [-0.3, -0.25) is 0 Å². The van der Waals surface area contributed by atoms with E-state index in [0.29, 0.717) is 12.3 Å². The van der Waals surface area contributed by atoms with Crippen molar-refractivity contribution < 1.29 is 22.0 Å². The van der Waals surface area contributed by atoms with Crippen LogP contribution in [0.2, 0.25) is 13.1 Å². The van der Waals surface area contributed by atoms with Gasteiger partial charge in [0.25, 0.3) is 0 Å². The van der Waals surface area contributed by atoms with Crippen molar-refractivity contribution in [2.45, 2.75) is 51.9 Å². The average Bonchev–Trinajstić information content (AvgIpc) is 2.89. The second-order valence-corrected chi connectivity index (χ2v) is 9.92. The van der Waals surface area contributed by atoms with Crippen LogP contribution in [0.5, 0.6) is 0 Å². The van der Waals surface area contributed by atoms with E-state index in [2.05, 4.69) is 0 Å². The molecule has 0 aromatic rings. The minimum atomic E-state index is -3.98. The summed E-state index contributed by atoms with van der Waals surface area (Å²) in [7, 11) is 1.70. The molecule has 2 aliphatic carbocycles. The third-order valence-electron chi connectivity index (χ3n) is 4.79. The fourth-order valence-electron chi connectivity index (χ4n) is 3.04. The molecule has 0 aromatic carbocycles. The standard InChI is InChI=1S/C9H13F3.C4H12O2Si/c1-8(9(10,11)12)5-6-2-3-7(8)4-6;1-5-7(3,4)6-2/h6-7H,2-5H2,1H3;1-4H3. The molecule has 0 amide bonds. The molecule has 2 rings (SSSR count). The molecule has 0 spiro atoms. The number of fused-ring (bicyclic) bond motifs is 2. The maximum atomic E-state index is 12.6. The Labute approximate surface area is 114 Å². The Balaban J connectivity index is 0.000000224. The Hall–Kier alpha value is -0.0731. The smallest absolute Gasteiger partial charge is 0.394 e. The van der Waals surface area contributed by atoms with Gasteiger partial charge in [0.15, 0.2) is 0 Å². The van der Waals surface area contributed by atoms with Gasteiger partial charge in [0.05, 0.1) is 5.41 Å². The zero-order valence-electron chi connectivity index (χ0n) is 12.4. The monoisotopic (exact) mass is 298 g/mol. The normalized spacial score (nSPS) is 34.1. The van der Waals surface area contributed by atoms with Crippen LogP contribution in [0, 0.1) is 17.3 Å². The van der Waals surface area contributed by atoms with Crippen molar-refractivity contribution in [1.82, 2.24) is 0 Å². The fourth-order valence-corrected chi connectivity index (χ4v) is 3.20. The minimum Gasteiger partial charge on any atom is -0.398 e. The molecule has 2 fully saturated rings. The average molecular weight is 298 g/mol. The van der Waals surface area contributed by atoms with E-state index in [-0.39, 0.29) is 5.92 Å². The van der Waals surface area contributed by atoms with Crippen molar-refractivity contribution in [3.8, 4) is 0 Å². The summed E-state index contributed by atoms with van der Waals surface area (Å²) >= 11 is 0. The number of rotatable bonds is 2. The van der Waals surface area contributed by atoms with E-state index in [1.54, 1.807) is 14.2 Å². The van der Waals surface area contributed by atoms with Gasteiger partial charge >= 0.3 is 14.7 Å². The summed E-state index contributed by atoms with van der Waals surface area (Å²) < 4.78 is 47.8. The topological polar surface area (TPSA) is 18.5 Å². The maximum Gasteiger partial charge on any atom is 0.394 e. The van der Waals surface area contributed by atoms with Crippen LogP contribution in [0.3, 0.4) is 0 Å². The van der Waals surface area contributed by atoms with Crippen molar-refractivity contribution in [2.75, 3.05) is 14.2 Å². The summed E-state index contributed by atoms with van der Waals surface area (Å²) in [6.07, 6.45) is -0.971. The summed E-state index contributed by atoms with van der Waals surface area (Å²) in [4.78, 5) is 0. The molecular formula is C13H25F3O2Si. The first-order valence-electron chi connectivity index (χ1n) is 6.73. The summed E-state index contributed by atoms with van der Waals surface area (Å²) in [5.41, 5.74) is -1.35. The predicted octanol–water partition coefficient (Wildman–Crippen LogP) is 4.36. The molecule has 0 aromatic heterocycles. The van der Waals surface area contributed by atoms with Crippen molar-refractivity contribution in [3.63, 3.8) is 0 Å². The number of hydrogen-bond donors (Lipinski definition) is 0. The van der Waals surface area contributed by atoms with E-state index in [1.165, 1.54) is 6.92 Å². The van der Waals surface area contributed by atoms with Crippen molar-refractivity contribution in [1.29, 1.82) is 0 Å². The molecule has 2 bridgehead atoms. The van der Waals surface area contributed by atoms with Gasteiger partial charge < -0.3 is 8.85 Å². The van der Waals surface area contributed by atoms with Crippen molar-refractivity contribution in [3.05, 3.63) is 0 Å². The lowest BCUT2D eigenvalue weighted by molar-refractivity contribution is -0.234. The minimum absolute atomic E-state index is 0.0810. The van der Waals surface area contributed by atoms with Crippen LogP contribution in [0.15, 0.2) is 0 Å². The molecule has 0 heterocycles. The van der Waals surface area contributed by atoms with Gasteiger partial charge in [-0.25, -0.2) is 0 Å². The van der Waals surface area contributed by atoms with E-state index in [9.17, 15) is 13.2 Å². The summed E-state index contributed by atoms with van der Waals surface area (Å²) in [6.45, 7) is 5.39. The number of hydrogen-bond acceptors (Lipinski definition) is 2. The first kappa shape index (κ1) is 17.0. The van der Waals surface area contributed by atoms with E-state index in [0.717, 1.165) is 19.3 Å². The molecule has 3 atom stereocenters. The van der Waals surface area contributed by atoms with Crippen molar-refractivity contribution in [2.24, 2.45) is 17.3 Å². The molecule has 3 unspecified atom stereocenters. The molecule has 0 aliphatic heterocycles. The first-order chi connectivity index (χ1) is 8.55. The van der Waals surface area contributed by atoms with Gasteiger partial charge in [-0.2, -0.15) is 13.2 Å². The van der Waals surface area contributed by atoms with Crippen LogP contribution < -0.4 is 0 Å². The molecule has 114 valence electrons. The third-order valence-corrected chi connectivity index (χ3v) is 6.75. The van der Waals surface area contributed by atoms with Crippen LogP contribution in [-0.4, -0.2) is 29.0 Å². The van der Waals surface area contributed by atoms with Gasteiger partial charge in [-0.05, 0) is 44.2 Å². The van der Waals surface area contributed by atoms with E-state index in [4.69, 9.17) is 8.85 Å². The van der Waals surface area contributed by atoms with Gasteiger partial charge in [-0.15, -0.1) is 0 Å². The highest BCUT2D eigenvalue weighted by Crippen LogP contribution is 2.62. The van der Waals surface area contributed by atoms with E-state index in [1.807, 2.05) is 13.1 Å². The molecule has 2 nitrogen and oxygen atoms in total. The molecule has 19 heavy (non-hydrogen) atoms. The fraction of sp³-hybridized carbons (Fsp3) is 1.00. The Kier molecular flexibility index (Phi) is 5.13. The predicted molar refractivity (Wildman–Crippen MR) is 71.1 cm³/mol. The third kappa shape index (κ3) is 3.73. The summed E-state index contributed by atoms with van der Waals surface area (Å²) in [5, 5.41) is 0. The Bertz CT molecular complexity index is 301. The Morgan fingerprint density at radius 2 is 1.63 bits per heavy atom. The second-order valence-electron chi connectivity index (χ2n) is 6.30. The lowest BCUT2D eigenvalue weighted by Crippen LogP contribution is -2.39. The number of halogens is 3. The zero-order chi connectivity index (χ0) is 14.9. The van der Waals surface area contributed by atoms with Crippen LogP contribution >= 0.6 is 0 Å². The molecule has 0 saturated heterocycles. The molecular weight excluding hydrogens is 273 g/mol. The molecule has 0 radical (unpaired) electrons. The van der Waals surface area contributed by atoms with Gasteiger partial charge in [-0.1, -0.05) is 13.3 Å². The van der Waals surface area contributed by atoms with Gasteiger partial charge in [0.1, 0.15) is 0 Å². The molecule has 2 saturated carbocycles. The summed E-state index contributed by atoms with van der Waals surface area (Å²) in [5.74, 6) is 0.282. The highest BCUT2D eigenvalue weighted by atomic mass is 28.4. The van der Waals surface area contributed by atoms with Gasteiger partial charge in [0, 0.05) is 14.2 Å². The van der Waals surface area contributed by atoms with Crippen LogP contribution in [0.25, 0.3) is 0 Å². The molecule has 0 N–H and O–H groups in total. The van der Waals surface area contributed by atoms with E-state index >= 15 is 0 Å². The highest BCUT2D eigenvalue weighted by molar-refractivity contribution is 6.64. The van der Waals surface area contributed by atoms with E-state index < -0.39 is 20.2 Å². The van der Waals surface area contributed by atoms with Crippen molar-refractivity contribution >= 4 is 8.56 Å². The lowest BCUT2D eigenvalue weighted by Gasteiger charge is -2.35. The number of alkyl halides is 3. The summed E-state index contributed by atoms with van der Waals surface area (Å²) in [6, 6.07) is 0. The maximum absolute atomic E-state index is 12.6. The molecule has 6 heteroatoms. The Morgan fingerprint density at radius 3 is 1.79 bits per heavy atom. The quantitative estimate of drug-likeness (QED) is 0.705. The van der Waals surface area contributed by atoms with Crippen LogP contribution in [0.4, 0.5) is 13.2 Å².